The van der Waals surface area contributed by atoms with Gasteiger partial charge >= 0.3 is 0 Å². The second kappa shape index (κ2) is 3.01. The molecule has 2 aromatic rings. The number of fused-ring (bicyclic) bond motifs is 1. The second-order valence-electron chi connectivity index (χ2n) is 2.58. The van der Waals surface area contributed by atoms with E-state index in [9.17, 15) is 4.39 Å². The highest BCUT2D eigenvalue weighted by atomic mass is 19.1. The lowest BCUT2D eigenvalue weighted by molar-refractivity contribution is 0.399. The summed E-state index contributed by atoms with van der Waals surface area (Å²) < 4.78 is 18.0. The molecule has 3 heteroatoms. The number of hydrogen-bond acceptors (Lipinski definition) is 2. The van der Waals surface area contributed by atoms with Crippen molar-refractivity contribution in [2.24, 2.45) is 0 Å². The van der Waals surface area contributed by atoms with Crippen LogP contribution in [0.2, 0.25) is 0 Å². The van der Waals surface area contributed by atoms with Crippen molar-refractivity contribution in [2.45, 2.75) is 0 Å². The van der Waals surface area contributed by atoms with Crippen molar-refractivity contribution < 1.29 is 9.13 Å². The van der Waals surface area contributed by atoms with Crippen LogP contribution in [-0.4, -0.2) is 12.1 Å². The molecule has 0 aliphatic heterocycles. The second-order valence-corrected chi connectivity index (χ2v) is 2.58. The molecule has 0 saturated carbocycles. The fraction of sp³-hybridized carbons (Fsp3) is 0.100. The lowest BCUT2D eigenvalue weighted by atomic mass is 10.2. The minimum Gasteiger partial charge on any atom is -0.481 e. The van der Waals surface area contributed by atoms with E-state index in [0.29, 0.717) is 16.8 Å². The summed E-state index contributed by atoms with van der Waals surface area (Å²) in [6, 6.07) is 8.95. The zero-order valence-corrected chi connectivity index (χ0v) is 7.04. The van der Waals surface area contributed by atoms with Crippen molar-refractivity contribution in [1.29, 1.82) is 0 Å². The van der Waals surface area contributed by atoms with E-state index < -0.39 is 0 Å². The maximum absolute atomic E-state index is 13.1. The van der Waals surface area contributed by atoms with E-state index in [1.165, 1.54) is 19.2 Å². The average Bonchev–Trinajstić information content (AvgIpc) is 2.18. The number of benzene rings is 1. The van der Waals surface area contributed by atoms with Crippen LogP contribution in [0.1, 0.15) is 0 Å². The summed E-state index contributed by atoms with van der Waals surface area (Å²) in [5.74, 6) is 0.179. The quantitative estimate of drug-likeness (QED) is 0.664. The third-order valence-electron chi connectivity index (χ3n) is 1.79. The Morgan fingerprint density at radius 3 is 3.00 bits per heavy atom. The topological polar surface area (TPSA) is 22.1 Å². The van der Waals surface area contributed by atoms with Gasteiger partial charge in [0.2, 0.25) is 5.88 Å². The number of ether oxygens (including phenoxy) is 1. The van der Waals surface area contributed by atoms with Crippen molar-refractivity contribution in [1.82, 2.24) is 4.98 Å². The molecule has 0 aliphatic carbocycles. The molecule has 13 heavy (non-hydrogen) atoms. The SMILES string of the molecule is COc1ccc2c(F)cc[c]c2n1. The summed E-state index contributed by atoms with van der Waals surface area (Å²) in [7, 11) is 1.52. The Bertz CT molecular complexity index is 442. The van der Waals surface area contributed by atoms with Crippen molar-refractivity contribution in [3.05, 3.63) is 36.1 Å². The van der Waals surface area contributed by atoms with Gasteiger partial charge in [0, 0.05) is 17.5 Å². The zero-order valence-electron chi connectivity index (χ0n) is 7.04. The number of hydrogen-bond donors (Lipinski definition) is 0. The summed E-state index contributed by atoms with van der Waals surface area (Å²) in [5, 5.41) is 0.461. The zero-order chi connectivity index (χ0) is 9.26. The number of halogens is 1. The lowest BCUT2D eigenvalue weighted by Crippen LogP contribution is -1.89. The van der Waals surface area contributed by atoms with E-state index in [-0.39, 0.29) is 5.82 Å². The third-order valence-corrected chi connectivity index (χ3v) is 1.79. The highest BCUT2D eigenvalue weighted by molar-refractivity contribution is 5.78. The minimum atomic E-state index is -0.288. The predicted molar refractivity (Wildman–Crippen MR) is 47.1 cm³/mol. The van der Waals surface area contributed by atoms with Crippen LogP contribution in [0.3, 0.4) is 0 Å². The molecule has 0 atom stereocenters. The van der Waals surface area contributed by atoms with Gasteiger partial charge in [-0.1, -0.05) is 0 Å². The van der Waals surface area contributed by atoms with E-state index in [1.807, 2.05) is 0 Å². The summed E-state index contributed by atoms with van der Waals surface area (Å²) in [5.41, 5.74) is 0.486. The van der Waals surface area contributed by atoms with Crippen molar-refractivity contribution >= 4 is 10.9 Å². The molecule has 0 amide bonds. The van der Waals surface area contributed by atoms with E-state index in [1.54, 1.807) is 12.1 Å². The van der Waals surface area contributed by atoms with Crippen LogP contribution in [0.4, 0.5) is 4.39 Å². The number of pyridine rings is 1. The summed E-state index contributed by atoms with van der Waals surface area (Å²) in [4.78, 5) is 4.04. The van der Waals surface area contributed by atoms with E-state index in [4.69, 9.17) is 4.74 Å². The van der Waals surface area contributed by atoms with Gasteiger partial charge < -0.3 is 4.74 Å². The van der Waals surface area contributed by atoms with E-state index in [2.05, 4.69) is 11.1 Å². The molecule has 65 valence electrons. The van der Waals surface area contributed by atoms with Crippen LogP contribution >= 0.6 is 0 Å². The molecule has 1 radical (unpaired) electrons. The molecule has 0 aliphatic rings. The van der Waals surface area contributed by atoms with Crippen molar-refractivity contribution in [3.8, 4) is 5.88 Å². The van der Waals surface area contributed by atoms with Gasteiger partial charge in [-0.05, 0) is 18.2 Å². The smallest absolute Gasteiger partial charge is 0.213 e. The van der Waals surface area contributed by atoms with Gasteiger partial charge in [-0.15, -0.1) is 0 Å². The number of rotatable bonds is 1. The molecule has 0 spiro atoms. The van der Waals surface area contributed by atoms with Gasteiger partial charge in [0.05, 0.1) is 12.6 Å². The molecule has 0 unspecified atom stereocenters. The maximum atomic E-state index is 13.1. The molecule has 2 rings (SSSR count). The Hall–Kier alpha value is -1.64. The normalized spacial score (nSPS) is 10.3. The van der Waals surface area contributed by atoms with Crippen molar-refractivity contribution in [3.63, 3.8) is 0 Å². The number of aromatic nitrogens is 1. The van der Waals surface area contributed by atoms with E-state index in [0.717, 1.165) is 0 Å². The van der Waals surface area contributed by atoms with E-state index >= 15 is 0 Å². The molecule has 0 saturated heterocycles. The first-order valence-electron chi connectivity index (χ1n) is 3.82. The highest BCUT2D eigenvalue weighted by Gasteiger charge is 2.01. The largest absolute Gasteiger partial charge is 0.481 e. The molecule has 2 nitrogen and oxygen atoms in total. The van der Waals surface area contributed by atoms with Gasteiger partial charge in [0.25, 0.3) is 0 Å². The lowest BCUT2D eigenvalue weighted by Gasteiger charge is -2.00. The van der Waals surface area contributed by atoms with Gasteiger partial charge in [-0.2, -0.15) is 0 Å². The molecule has 1 aromatic heterocycles. The molecule has 0 N–H and O–H groups in total. The van der Waals surface area contributed by atoms with Gasteiger partial charge in [0.1, 0.15) is 5.82 Å². The standard InChI is InChI=1S/C10H7FNO/c1-13-10-6-5-7-8(11)3-2-4-9(7)12-10/h2-3,5-6H,1H3. The summed E-state index contributed by atoms with van der Waals surface area (Å²) >= 11 is 0. The fourth-order valence-corrected chi connectivity index (χ4v) is 1.14. The monoisotopic (exact) mass is 176 g/mol. The van der Waals surface area contributed by atoms with Crippen LogP contribution < -0.4 is 4.74 Å². The van der Waals surface area contributed by atoms with Gasteiger partial charge in [0.15, 0.2) is 0 Å². The maximum Gasteiger partial charge on any atom is 0.213 e. The Balaban J connectivity index is 2.72. The van der Waals surface area contributed by atoms with Crippen LogP contribution in [0.15, 0.2) is 24.3 Å². The van der Waals surface area contributed by atoms with Crippen LogP contribution in [0, 0.1) is 11.9 Å². The Morgan fingerprint density at radius 1 is 1.38 bits per heavy atom. The fourth-order valence-electron chi connectivity index (χ4n) is 1.14. The minimum absolute atomic E-state index is 0.288. The number of methoxy groups -OCH3 is 1. The predicted octanol–water partition coefficient (Wildman–Crippen LogP) is 2.18. The molecular weight excluding hydrogens is 169 g/mol. The van der Waals surface area contributed by atoms with Crippen LogP contribution in [0.5, 0.6) is 5.88 Å². The van der Waals surface area contributed by atoms with Gasteiger partial charge in [-0.25, -0.2) is 9.37 Å². The Kier molecular flexibility index (Phi) is 1.85. The molecular formula is C10H7FNO. The molecule has 1 aromatic carbocycles. The first kappa shape index (κ1) is 7.98. The Morgan fingerprint density at radius 2 is 2.23 bits per heavy atom. The summed E-state index contributed by atoms with van der Waals surface area (Å²) in [6.07, 6.45) is 0. The first-order chi connectivity index (χ1) is 6.31. The van der Waals surface area contributed by atoms with Crippen LogP contribution in [0.25, 0.3) is 10.9 Å². The third kappa shape index (κ3) is 1.33. The summed E-state index contributed by atoms with van der Waals surface area (Å²) in [6.45, 7) is 0. The van der Waals surface area contributed by atoms with Gasteiger partial charge in [-0.3, -0.25) is 0 Å². The average molecular weight is 176 g/mol. The molecule has 0 fully saturated rings. The Labute approximate surface area is 75.0 Å². The van der Waals surface area contributed by atoms with Crippen LogP contribution in [-0.2, 0) is 0 Å². The van der Waals surface area contributed by atoms with Crippen molar-refractivity contribution in [2.75, 3.05) is 7.11 Å². The highest BCUT2D eigenvalue weighted by Crippen LogP contribution is 2.18. The number of nitrogens with zero attached hydrogens (tertiary/aromatic N) is 1. The first-order valence-corrected chi connectivity index (χ1v) is 3.82. The molecule has 1 heterocycles. The molecule has 0 bridgehead atoms.